The second-order valence-corrected chi connectivity index (χ2v) is 7.93. The second-order valence-electron chi connectivity index (χ2n) is 7.66. The maximum absolute atomic E-state index is 12.7. The van der Waals surface area contributed by atoms with Crippen molar-refractivity contribution in [2.45, 2.75) is 58.4 Å². The molecule has 0 aromatic heterocycles. The Bertz CT molecular complexity index is 560. The Balaban J connectivity index is 2.68. The molecule has 1 saturated carbocycles. The molecule has 0 heterocycles. The van der Waals surface area contributed by atoms with E-state index in [4.69, 9.17) is 20.3 Å². The molecule has 30 heavy (non-hydrogen) atoms. The van der Waals surface area contributed by atoms with Gasteiger partial charge in [-0.25, -0.2) is 0 Å². The average molecular weight is 450 g/mol. The molecule has 0 saturated heterocycles. The Labute approximate surface area is 183 Å². The molecule has 1 N–H and O–H groups in total. The SMILES string of the molecule is [3H]C(P)OC(=O)C(CC)CC(CC(C)C(=O)NC1CCC1)C(=O)OCCOCCOC. The van der Waals surface area contributed by atoms with E-state index in [0.29, 0.717) is 19.6 Å². The Morgan fingerprint density at radius 3 is 2.30 bits per heavy atom. The minimum absolute atomic E-state index is 0.0859. The summed E-state index contributed by atoms with van der Waals surface area (Å²) < 4.78 is 27.9. The minimum Gasteiger partial charge on any atom is -0.463 e. The highest BCUT2D eigenvalue weighted by molar-refractivity contribution is 7.16. The van der Waals surface area contributed by atoms with Gasteiger partial charge in [0.25, 0.3) is 0 Å². The number of esters is 2. The van der Waals surface area contributed by atoms with Crippen LogP contribution in [0.15, 0.2) is 0 Å². The molecule has 174 valence electrons. The highest BCUT2D eigenvalue weighted by Crippen LogP contribution is 2.26. The molecule has 8 nitrogen and oxygen atoms in total. The first-order valence-electron chi connectivity index (χ1n) is 11.3. The molecule has 1 rings (SSSR count). The van der Waals surface area contributed by atoms with Crippen LogP contribution in [0.5, 0.6) is 0 Å². The fourth-order valence-corrected chi connectivity index (χ4v) is 3.35. The topological polar surface area (TPSA) is 100 Å². The summed E-state index contributed by atoms with van der Waals surface area (Å²) >= 11 is 0. The third-order valence-corrected chi connectivity index (χ3v) is 5.49. The van der Waals surface area contributed by atoms with Crippen molar-refractivity contribution in [1.82, 2.24) is 5.32 Å². The predicted molar refractivity (Wildman–Crippen MR) is 116 cm³/mol. The highest BCUT2D eigenvalue weighted by atomic mass is 31.0. The van der Waals surface area contributed by atoms with E-state index in [-0.39, 0.29) is 38.0 Å². The van der Waals surface area contributed by atoms with Gasteiger partial charge < -0.3 is 24.3 Å². The van der Waals surface area contributed by atoms with Crippen molar-refractivity contribution >= 4 is 27.1 Å². The Kier molecular flexibility index (Phi) is 13.0. The minimum atomic E-state index is -1.05. The molecule has 9 heteroatoms. The summed E-state index contributed by atoms with van der Waals surface area (Å²) in [5.41, 5.74) is 0. The fraction of sp³-hybridized carbons (Fsp3) is 0.857. The van der Waals surface area contributed by atoms with Crippen LogP contribution in [0.25, 0.3) is 0 Å². The van der Waals surface area contributed by atoms with Crippen molar-refractivity contribution in [3.63, 3.8) is 0 Å². The quantitative estimate of drug-likeness (QED) is 0.219. The number of hydrogen-bond acceptors (Lipinski definition) is 7. The van der Waals surface area contributed by atoms with Gasteiger partial charge in [0.15, 0.2) is 0 Å². The Morgan fingerprint density at radius 2 is 1.73 bits per heavy atom. The number of carbonyl (C=O) groups is 3. The molecular formula is C21H38NO7P. The monoisotopic (exact) mass is 449 g/mol. The molecule has 0 aliphatic heterocycles. The van der Waals surface area contributed by atoms with Gasteiger partial charge in [-0.1, -0.05) is 23.1 Å². The third kappa shape index (κ3) is 10.2. The van der Waals surface area contributed by atoms with Crippen molar-refractivity contribution < 1.29 is 34.7 Å². The zero-order valence-electron chi connectivity index (χ0n) is 19.4. The van der Waals surface area contributed by atoms with Gasteiger partial charge >= 0.3 is 11.9 Å². The van der Waals surface area contributed by atoms with Crippen molar-refractivity contribution in [1.29, 1.82) is 0 Å². The maximum atomic E-state index is 12.7. The van der Waals surface area contributed by atoms with Gasteiger partial charge in [0, 0.05) is 19.1 Å². The van der Waals surface area contributed by atoms with Gasteiger partial charge in [-0.05, 0) is 38.5 Å². The molecule has 0 aromatic carbocycles. The summed E-state index contributed by atoms with van der Waals surface area (Å²) in [4.78, 5) is 37.5. The molecule has 1 aliphatic carbocycles. The van der Waals surface area contributed by atoms with Crippen LogP contribution < -0.4 is 5.32 Å². The van der Waals surface area contributed by atoms with E-state index in [9.17, 15) is 14.4 Å². The fourth-order valence-electron chi connectivity index (χ4n) is 3.22. The van der Waals surface area contributed by atoms with E-state index < -0.39 is 36.0 Å². The molecule has 0 aromatic rings. The molecular weight excluding hydrogens is 409 g/mol. The predicted octanol–water partition coefficient (Wildman–Crippen LogP) is 2.30. The average Bonchev–Trinajstić information content (AvgIpc) is 2.69. The first-order chi connectivity index (χ1) is 14.8. The zero-order chi connectivity index (χ0) is 23.2. The number of amides is 1. The number of hydrogen-bond donors (Lipinski definition) is 1. The van der Waals surface area contributed by atoms with Crippen molar-refractivity contribution in [3.8, 4) is 0 Å². The van der Waals surface area contributed by atoms with Gasteiger partial charge in [-0.3, -0.25) is 14.4 Å². The number of ether oxygens (including phenoxy) is 4. The summed E-state index contributed by atoms with van der Waals surface area (Å²) in [6.07, 6.45) is 2.98. The second kappa shape index (κ2) is 15.5. The van der Waals surface area contributed by atoms with E-state index in [1.807, 2.05) is 6.92 Å². The van der Waals surface area contributed by atoms with Gasteiger partial charge in [0.2, 0.25) is 5.91 Å². The number of methoxy groups -OCH3 is 1. The van der Waals surface area contributed by atoms with Crippen LogP contribution in [-0.4, -0.2) is 63.7 Å². The van der Waals surface area contributed by atoms with E-state index >= 15 is 0 Å². The Morgan fingerprint density at radius 1 is 1.07 bits per heavy atom. The summed E-state index contributed by atoms with van der Waals surface area (Å²) in [7, 11) is 3.67. The van der Waals surface area contributed by atoms with Gasteiger partial charge in [-0.15, -0.1) is 0 Å². The van der Waals surface area contributed by atoms with Crippen molar-refractivity contribution in [3.05, 3.63) is 0 Å². The van der Waals surface area contributed by atoms with E-state index in [2.05, 4.69) is 14.6 Å². The van der Waals surface area contributed by atoms with E-state index in [1.54, 1.807) is 14.0 Å². The highest BCUT2D eigenvalue weighted by Gasteiger charge is 2.32. The molecule has 5 unspecified atom stereocenters. The van der Waals surface area contributed by atoms with Crippen LogP contribution >= 0.6 is 9.24 Å². The largest absolute Gasteiger partial charge is 0.463 e. The van der Waals surface area contributed by atoms with Crippen LogP contribution in [-0.2, 0) is 33.3 Å². The summed E-state index contributed by atoms with van der Waals surface area (Å²) in [6.45, 7) is 4.80. The zero-order valence-corrected chi connectivity index (χ0v) is 19.5. The molecule has 1 aliphatic rings. The lowest BCUT2D eigenvalue weighted by molar-refractivity contribution is -0.153. The standard InChI is InChI=1S/C21H38NO7P/c1-4-16(20(24)29-14-30)13-17(21(25)28-11-10-27-9-8-26-3)12-15(2)19(23)22-18-6-5-7-18/h15-18H,4-14,30H2,1-3H3,(H,22,23)/i14T. The van der Waals surface area contributed by atoms with Crippen LogP contribution in [0, 0.1) is 17.8 Å². The summed E-state index contributed by atoms with van der Waals surface area (Å²) in [5, 5.41) is 3.01. The molecule has 1 fully saturated rings. The molecule has 0 bridgehead atoms. The van der Waals surface area contributed by atoms with Crippen LogP contribution in [0.1, 0.15) is 53.7 Å². The Hall–Kier alpha value is -1.24. The first kappa shape index (κ1) is 25.0. The lowest BCUT2D eigenvalue weighted by atomic mass is 9.85. The normalized spacial score (nSPS) is 18.3. The first-order valence-corrected chi connectivity index (χ1v) is 11.4. The lowest BCUT2D eigenvalue weighted by Crippen LogP contribution is -2.42. The van der Waals surface area contributed by atoms with Crippen molar-refractivity contribution in [2.75, 3.05) is 39.9 Å². The van der Waals surface area contributed by atoms with Crippen LogP contribution in [0.4, 0.5) is 0 Å². The van der Waals surface area contributed by atoms with Crippen LogP contribution in [0.2, 0.25) is 0 Å². The third-order valence-electron chi connectivity index (χ3n) is 5.35. The summed E-state index contributed by atoms with van der Waals surface area (Å²) in [5.74, 6) is -2.64. The van der Waals surface area contributed by atoms with Crippen LogP contribution in [0.3, 0.4) is 0 Å². The number of nitrogens with one attached hydrogen (secondary N) is 1. The van der Waals surface area contributed by atoms with Crippen molar-refractivity contribution in [2.24, 2.45) is 17.8 Å². The molecule has 5 atom stereocenters. The maximum Gasteiger partial charge on any atom is 0.309 e. The summed E-state index contributed by atoms with van der Waals surface area (Å²) in [6, 6.07) is 0.221. The van der Waals surface area contributed by atoms with Gasteiger partial charge in [0.05, 0.1) is 33.0 Å². The van der Waals surface area contributed by atoms with E-state index in [0.717, 1.165) is 19.3 Å². The van der Waals surface area contributed by atoms with Gasteiger partial charge in [-0.2, -0.15) is 0 Å². The smallest absolute Gasteiger partial charge is 0.309 e. The number of rotatable bonds is 16. The number of carbonyl (C=O) groups excluding carboxylic acids is 3. The molecule has 0 radical (unpaired) electrons. The molecule has 0 spiro atoms. The molecule has 1 amide bonds. The van der Waals surface area contributed by atoms with Gasteiger partial charge in [0.1, 0.15) is 12.9 Å². The van der Waals surface area contributed by atoms with E-state index in [1.165, 1.54) is 0 Å². The lowest BCUT2D eigenvalue weighted by Gasteiger charge is -2.29.